The van der Waals surface area contributed by atoms with Gasteiger partial charge in [0.1, 0.15) is 49.4 Å². The highest BCUT2D eigenvalue weighted by Crippen LogP contribution is 2.24. The van der Waals surface area contributed by atoms with E-state index in [1.807, 2.05) is 0 Å². The minimum absolute atomic E-state index is 0.0822. The van der Waals surface area contributed by atoms with E-state index in [0.717, 1.165) is 0 Å². The predicted molar refractivity (Wildman–Crippen MR) is 138 cm³/mol. The normalized spacial score (nSPS) is 17.1. The second-order valence-corrected chi connectivity index (χ2v) is 8.34. The van der Waals surface area contributed by atoms with Gasteiger partial charge < -0.3 is 37.9 Å². The van der Waals surface area contributed by atoms with E-state index in [9.17, 15) is 9.59 Å². The molecule has 2 aromatic rings. The number of carbonyl (C=O) groups is 2. The Balaban J connectivity index is 1.53. The molecule has 0 aliphatic carbocycles. The van der Waals surface area contributed by atoms with Crippen LogP contribution in [0.3, 0.4) is 0 Å². The maximum Gasteiger partial charge on any atom is 0.160 e. The van der Waals surface area contributed by atoms with Crippen LogP contribution in [0.4, 0.5) is 0 Å². The summed E-state index contributed by atoms with van der Waals surface area (Å²) in [6.07, 6.45) is 0. The molecule has 0 aromatic heterocycles. The Kier molecular flexibility index (Phi) is 12.8. The molecule has 38 heavy (non-hydrogen) atoms. The number of Topliss-reactive ketones (excluding diaryl/α,β-unsaturated/α-hetero) is 2. The zero-order valence-corrected chi connectivity index (χ0v) is 22.0. The third-order valence-corrected chi connectivity index (χ3v) is 5.30. The van der Waals surface area contributed by atoms with Crippen molar-refractivity contribution in [2.45, 2.75) is 13.8 Å². The van der Waals surface area contributed by atoms with Gasteiger partial charge in [-0.1, -0.05) is 0 Å². The fraction of sp³-hybridized carbons (Fsp3) is 0.500. The van der Waals surface area contributed by atoms with Gasteiger partial charge in [0, 0.05) is 23.3 Å². The molecule has 1 aliphatic heterocycles. The van der Waals surface area contributed by atoms with Gasteiger partial charge in [0.2, 0.25) is 0 Å². The maximum absolute atomic E-state index is 11.9. The topological polar surface area (TPSA) is 108 Å². The van der Waals surface area contributed by atoms with Crippen molar-refractivity contribution in [1.82, 2.24) is 0 Å². The van der Waals surface area contributed by atoms with Gasteiger partial charge >= 0.3 is 0 Å². The standard InChI is InChI=1S/C28H36O10/c1-21(29)23-15-25-19-26(16-23)36-12-8-32-4-6-34-10-14-38-28-18-24(22(2)30)17-27(20-28)37-13-9-33-5-3-31-7-11-35-25/h15-20H,3-14H2,1-2H3. The second kappa shape index (κ2) is 16.6. The summed E-state index contributed by atoms with van der Waals surface area (Å²) in [4.78, 5) is 23.8. The number of hydrogen-bond acceptors (Lipinski definition) is 10. The molecule has 0 unspecified atom stereocenters. The van der Waals surface area contributed by atoms with Gasteiger partial charge in [-0.2, -0.15) is 0 Å². The number of ketones is 2. The van der Waals surface area contributed by atoms with E-state index in [2.05, 4.69) is 0 Å². The van der Waals surface area contributed by atoms with Crippen molar-refractivity contribution in [3.8, 4) is 23.0 Å². The third kappa shape index (κ3) is 11.1. The third-order valence-electron chi connectivity index (χ3n) is 5.30. The van der Waals surface area contributed by atoms with Gasteiger partial charge in [-0.15, -0.1) is 0 Å². The summed E-state index contributed by atoms with van der Waals surface area (Å²) in [6, 6.07) is 10.2. The van der Waals surface area contributed by atoms with E-state index in [-0.39, 0.29) is 11.6 Å². The van der Waals surface area contributed by atoms with Crippen molar-refractivity contribution >= 4 is 11.6 Å². The molecule has 10 heteroatoms. The first-order chi connectivity index (χ1) is 18.5. The lowest BCUT2D eigenvalue weighted by molar-refractivity contribution is 0.0260. The number of fused-ring (bicyclic) bond motifs is 4. The molecule has 0 amide bonds. The fourth-order valence-electron chi connectivity index (χ4n) is 3.40. The second-order valence-electron chi connectivity index (χ2n) is 8.34. The Morgan fingerprint density at radius 3 is 0.895 bits per heavy atom. The molecule has 0 spiro atoms. The van der Waals surface area contributed by atoms with Crippen LogP contribution in [0.15, 0.2) is 36.4 Å². The van der Waals surface area contributed by atoms with Crippen LogP contribution < -0.4 is 18.9 Å². The van der Waals surface area contributed by atoms with Gasteiger partial charge in [0.25, 0.3) is 0 Å². The molecule has 1 aliphatic rings. The molecule has 208 valence electrons. The minimum atomic E-state index is -0.0822. The van der Waals surface area contributed by atoms with Crippen LogP contribution in [0.2, 0.25) is 0 Å². The molecular weight excluding hydrogens is 496 g/mol. The van der Waals surface area contributed by atoms with Crippen LogP contribution in [-0.4, -0.2) is 90.8 Å². The first-order valence-electron chi connectivity index (χ1n) is 12.7. The average molecular weight is 533 g/mol. The Morgan fingerprint density at radius 1 is 0.421 bits per heavy atom. The lowest BCUT2D eigenvalue weighted by Crippen LogP contribution is -2.14. The van der Waals surface area contributed by atoms with Gasteiger partial charge in [-0.3, -0.25) is 9.59 Å². The van der Waals surface area contributed by atoms with Crippen molar-refractivity contribution < 1.29 is 47.5 Å². The average Bonchev–Trinajstić information content (AvgIpc) is 2.90. The van der Waals surface area contributed by atoms with Crippen molar-refractivity contribution in [2.75, 3.05) is 79.3 Å². The highest BCUT2D eigenvalue weighted by Gasteiger charge is 2.09. The zero-order chi connectivity index (χ0) is 27.0. The molecule has 0 radical (unpaired) electrons. The molecular formula is C28H36O10. The van der Waals surface area contributed by atoms with Crippen LogP contribution in [0, 0.1) is 0 Å². The molecule has 0 fully saturated rings. The van der Waals surface area contributed by atoms with Gasteiger partial charge in [0.05, 0.1) is 52.9 Å². The number of ether oxygens (including phenoxy) is 8. The van der Waals surface area contributed by atoms with E-state index in [4.69, 9.17) is 37.9 Å². The van der Waals surface area contributed by atoms with Crippen LogP contribution in [0.5, 0.6) is 23.0 Å². The molecule has 0 saturated heterocycles. The molecule has 3 rings (SSSR count). The number of benzene rings is 2. The predicted octanol–water partition coefficient (Wildman–Crippen LogP) is 3.39. The molecule has 0 N–H and O–H groups in total. The Hall–Kier alpha value is -3.18. The minimum Gasteiger partial charge on any atom is -0.491 e. The first kappa shape index (κ1) is 29.4. The molecule has 0 atom stereocenters. The van der Waals surface area contributed by atoms with E-state index in [1.165, 1.54) is 13.8 Å². The van der Waals surface area contributed by atoms with E-state index < -0.39 is 0 Å². The van der Waals surface area contributed by atoms with Crippen molar-refractivity contribution in [2.24, 2.45) is 0 Å². The van der Waals surface area contributed by atoms with Gasteiger partial charge in [0.15, 0.2) is 11.6 Å². The molecule has 0 saturated carbocycles. The first-order valence-corrected chi connectivity index (χ1v) is 12.7. The van der Waals surface area contributed by atoms with Crippen LogP contribution in [0.25, 0.3) is 0 Å². The highest BCUT2D eigenvalue weighted by atomic mass is 16.6. The lowest BCUT2D eigenvalue weighted by Gasteiger charge is -2.13. The molecule has 4 bridgehead atoms. The Labute approximate surface area is 223 Å². The fourth-order valence-corrected chi connectivity index (χ4v) is 3.40. The summed E-state index contributed by atoms with van der Waals surface area (Å²) in [6.45, 7) is 7.23. The maximum atomic E-state index is 11.9. The smallest absolute Gasteiger partial charge is 0.160 e. The van der Waals surface area contributed by atoms with Crippen LogP contribution >= 0.6 is 0 Å². The van der Waals surface area contributed by atoms with E-state index in [0.29, 0.717) is 113 Å². The number of carbonyl (C=O) groups excluding carboxylic acids is 2. The summed E-state index contributed by atoms with van der Waals surface area (Å²) in [5, 5.41) is 0. The molecule has 2 aromatic carbocycles. The lowest BCUT2D eigenvalue weighted by atomic mass is 10.1. The summed E-state index contributed by atoms with van der Waals surface area (Å²) in [5.74, 6) is 1.95. The van der Waals surface area contributed by atoms with Crippen molar-refractivity contribution in [1.29, 1.82) is 0 Å². The van der Waals surface area contributed by atoms with E-state index >= 15 is 0 Å². The summed E-state index contributed by atoms with van der Waals surface area (Å²) >= 11 is 0. The molecule has 10 nitrogen and oxygen atoms in total. The van der Waals surface area contributed by atoms with Gasteiger partial charge in [-0.25, -0.2) is 0 Å². The molecule has 1 heterocycles. The highest BCUT2D eigenvalue weighted by molar-refractivity contribution is 5.95. The van der Waals surface area contributed by atoms with Crippen molar-refractivity contribution in [3.63, 3.8) is 0 Å². The van der Waals surface area contributed by atoms with Gasteiger partial charge in [-0.05, 0) is 38.1 Å². The Bertz CT molecular complexity index is 881. The van der Waals surface area contributed by atoms with Crippen molar-refractivity contribution in [3.05, 3.63) is 47.5 Å². The summed E-state index contributed by atoms with van der Waals surface area (Å²) in [7, 11) is 0. The van der Waals surface area contributed by atoms with Crippen LogP contribution in [0.1, 0.15) is 34.6 Å². The zero-order valence-electron chi connectivity index (χ0n) is 22.0. The summed E-state index contributed by atoms with van der Waals surface area (Å²) < 4.78 is 45.2. The quantitative estimate of drug-likeness (QED) is 0.534. The number of rotatable bonds is 2. The summed E-state index contributed by atoms with van der Waals surface area (Å²) in [5.41, 5.74) is 1.00. The number of hydrogen-bond donors (Lipinski definition) is 0. The SMILES string of the molecule is CC(=O)c1cc2cc(c1)OCCOCCOCCOc1cc(cc(C(C)=O)c1)OCCOCCOCCO2. The Morgan fingerprint density at radius 2 is 0.658 bits per heavy atom. The van der Waals surface area contributed by atoms with E-state index in [1.54, 1.807) is 36.4 Å². The largest absolute Gasteiger partial charge is 0.491 e. The monoisotopic (exact) mass is 532 g/mol. The van der Waals surface area contributed by atoms with Crippen LogP contribution in [-0.2, 0) is 18.9 Å².